The second-order valence-corrected chi connectivity index (χ2v) is 4.58. The fourth-order valence-electron chi connectivity index (χ4n) is 0.945. The third-order valence-electron chi connectivity index (χ3n) is 1.70. The van der Waals surface area contributed by atoms with Gasteiger partial charge in [-0.25, -0.2) is 17.5 Å². The molecule has 16 heavy (non-hydrogen) atoms. The second-order valence-electron chi connectivity index (χ2n) is 2.85. The van der Waals surface area contributed by atoms with Gasteiger partial charge >= 0.3 is 0 Å². The Balaban J connectivity index is 2.91. The fourth-order valence-corrected chi connectivity index (χ4v) is 2.02. The van der Waals surface area contributed by atoms with E-state index in [4.69, 9.17) is 10.9 Å². The number of oxime groups is 1. The highest BCUT2D eigenvalue weighted by Crippen LogP contribution is 2.12. The van der Waals surface area contributed by atoms with Gasteiger partial charge in [0.15, 0.2) is 5.84 Å². The van der Waals surface area contributed by atoms with E-state index in [1.54, 1.807) is 0 Å². The molecule has 0 unspecified atom stereocenters. The van der Waals surface area contributed by atoms with Crippen molar-refractivity contribution in [3.63, 3.8) is 0 Å². The molecule has 0 aliphatic carbocycles. The monoisotopic (exact) mass is 247 g/mol. The largest absolute Gasteiger partial charge is 0.409 e. The Morgan fingerprint density at radius 1 is 1.50 bits per heavy atom. The molecule has 1 aromatic carbocycles. The average Bonchev–Trinajstić information content (AvgIpc) is 2.26. The van der Waals surface area contributed by atoms with Gasteiger partial charge in [0.25, 0.3) is 0 Å². The molecule has 0 saturated carbocycles. The molecule has 0 aliphatic rings. The van der Waals surface area contributed by atoms with Gasteiger partial charge in [-0.3, -0.25) is 0 Å². The Hall–Kier alpha value is -1.67. The summed E-state index contributed by atoms with van der Waals surface area (Å²) in [6.45, 7) is -0.396. The Kier molecular flexibility index (Phi) is 3.80. The van der Waals surface area contributed by atoms with Crippen molar-refractivity contribution < 1.29 is 18.0 Å². The van der Waals surface area contributed by atoms with E-state index in [0.717, 1.165) is 12.1 Å². The molecule has 0 bridgehead atoms. The van der Waals surface area contributed by atoms with Crippen LogP contribution in [0.15, 0.2) is 34.3 Å². The molecule has 0 amide bonds. The van der Waals surface area contributed by atoms with Gasteiger partial charge in [-0.15, -0.1) is 0 Å². The van der Waals surface area contributed by atoms with E-state index in [1.165, 1.54) is 12.1 Å². The zero-order chi connectivity index (χ0) is 12.2. The number of rotatable bonds is 4. The summed E-state index contributed by atoms with van der Waals surface area (Å²) in [6, 6.07) is 4.90. The first kappa shape index (κ1) is 12.4. The molecule has 6 nitrogen and oxygen atoms in total. The molecule has 0 aliphatic heterocycles. The highest BCUT2D eigenvalue weighted by Gasteiger charge is 2.18. The summed E-state index contributed by atoms with van der Waals surface area (Å²) in [5, 5.41) is 10.8. The van der Waals surface area contributed by atoms with Crippen LogP contribution in [0.1, 0.15) is 0 Å². The number of benzene rings is 1. The summed E-state index contributed by atoms with van der Waals surface area (Å²) in [6.07, 6.45) is 0. The lowest BCUT2D eigenvalue weighted by Gasteiger charge is -2.06. The van der Waals surface area contributed by atoms with Crippen molar-refractivity contribution in [2.45, 2.75) is 4.90 Å². The summed E-state index contributed by atoms with van der Waals surface area (Å²) in [5.41, 5.74) is 5.08. The molecule has 0 fully saturated rings. The topological polar surface area (TPSA) is 105 Å². The van der Waals surface area contributed by atoms with Crippen LogP contribution in [-0.4, -0.2) is 26.0 Å². The first-order chi connectivity index (χ1) is 7.47. The third kappa shape index (κ3) is 2.91. The first-order valence-electron chi connectivity index (χ1n) is 4.18. The van der Waals surface area contributed by atoms with Gasteiger partial charge in [0.1, 0.15) is 10.7 Å². The van der Waals surface area contributed by atoms with Crippen LogP contribution in [0.5, 0.6) is 0 Å². The van der Waals surface area contributed by atoms with E-state index in [-0.39, 0.29) is 5.84 Å². The van der Waals surface area contributed by atoms with Gasteiger partial charge in [-0.2, -0.15) is 0 Å². The Morgan fingerprint density at radius 2 is 2.12 bits per heavy atom. The minimum Gasteiger partial charge on any atom is -0.409 e. The number of nitrogens with one attached hydrogen (secondary N) is 1. The summed E-state index contributed by atoms with van der Waals surface area (Å²) in [7, 11) is -3.99. The van der Waals surface area contributed by atoms with Crippen molar-refractivity contribution in [1.82, 2.24) is 4.72 Å². The SMILES string of the molecule is N/C(CNS(=O)(=O)c1ccccc1F)=N\O. The van der Waals surface area contributed by atoms with E-state index in [0.29, 0.717) is 0 Å². The molecule has 0 spiro atoms. The van der Waals surface area contributed by atoms with Gasteiger partial charge in [0.05, 0.1) is 6.54 Å². The van der Waals surface area contributed by atoms with Crippen LogP contribution in [0.3, 0.4) is 0 Å². The van der Waals surface area contributed by atoms with Crippen molar-refractivity contribution in [1.29, 1.82) is 0 Å². The zero-order valence-corrected chi connectivity index (χ0v) is 8.91. The molecular weight excluding hydrogens is 237 g/mol. The molecule has 0 atom stereocenters. The maximum absolute atomic E-state index is 13.2. The van der Waals surface area contributed by atoms with Crippen LogP contribution >= 0.6 is 0 Å². The molecule has 1 aromatic rings. The van der Waals surface area contributed by atoms with Gasteiger partial charge in [-0.1, -0.05) is 17.3 Å². The lowest BCUT2D eigenvalue weighted by Crippen LogP contribution is -2.33. The number of sulfonamides is 1. The minimum absolute atomic E-state index is 0.320. The number of hydrogen-bond acceptors (Lipinski definition) is 4. The number of hydrogen-bond donors (Lipinski definition) is 3. The lowest BCUT2D eigenvalue weighted by molar-refractivity contribution is 0.317. The number of nitrogens with two attached hydrogens (primary N) is 1. The van der Waals surface area contributed by atoms with Gasteiger partial charge < -0.3 is 10.9 Å². The Bertz CT molecular complexity index is 501. The molecule has 0 aromatic heterocycles. The number of nitrogens with zero attached hydrogens (tertiary/aromatic N) is 1. The van der Waals surface area contributed by atoms with E-state index in [2.05, 4.69) is 5.16 Å². The summed E-state index contributed by atoms with van der Waals surface area (Å²) in [5.74, 6) is -1.19. The minimum atomic E-state index is -3.99. The first-order valence-corrected chi connectivity index (χ1v) is 5.66. The molecular formula is C8H10FN3O3S. The van der Waals surface area contributed by atoms with E-state index in [9.17, 15) is 12.8 Å². The van der Waals surface area contributed by atoms with Crippen molar-refractivity contribution in [2.75, 3.05) is 6.54 Å². The summed E-state index contributed by atoms with van der Waals surface area (Å²) < 4.78 is 38.2. The van der Waals surface area contributed by atoms with E-state index in [1.807, 2.05) is 4.72 Å². The summed E-state index contributed by atoms with van der Waals surface area (Å²) in [4.78, 5) is -0.485. The number of halogens is 1. The smallest absolute Gasteiger partial charge is 0.243 e. The van der Waals surface area contributed by atoms with Crippen LogP contribution < -0.4 is 10.5 Å². The van der Waals surface area contributed by atoms with Crippen LogP contribution in [0.25, 0.3) is 0 Å². The second kappa shape index (κ2) is 4.90. The lowest BCUT2D eigenvalue weighted by atomic mass is 10.4. The van der Waals surface area contributed by atoms with Crippen molar-refractivity contribution in [2.24, 2.45) is 10.9 Å². The fraction of sp³-hybridized carbons (Fsp3) is 0.125. The Labute approximate surface area is 91.6 Å². The van der Waals surface area contributed by atoms with Crippen molar-refractivity contribution in [3.05, 3.63) is 30.1 Å². The molecule has 88 valence electrons. The molecule has 0 heterocycles. The molecule has 1 rings (SSSR count). The van der Waals surface area contributed by atoms with Crippen LogP contribution in [0.4, 0.5) is 4.39 Å². The van der Waals surface area contributed by atoms with Crippen LogP contribution in [-0.2, 0) is 10.0 Å². The number of amidine groups is 1. The van der Waals surface area contributed by atoms with Crippen molar-refractivity contribution >= 4 is 15.9 Å². The third-order valence-corrected chi connectivity index (χ3v) is 3.13. The standard InChI is InChI=1S/C8H10FN3O3S/c9-6-3-1-2-4-7(6)16(14,15)11-5-8(10)12-13/h1-4,11,13H,5H2,(H2,10,12). The molecule has 4 N–H and O–H groups in total. The summed E-state index contributed by atoms with van der Waals surface area (Å²) >= 11 is 0. The van der Waals surface area contributed by atoms with E-state index < -0.39 is 27.3 Å². The Morgan fingerprint density at radius 3 is 2.69 bits per heavy atom. The maximum atomic E-state index is 13.2. The highest BCUT2D eigenvalue weighted by atomic mass is 32.2. The molecule has 0 saturated heterocycles. The van der Waals surface area contributed by atoms with Crippen LogP contribution in [0.2, 0.25) is 0 Å². The average molecular weight is 247 g/mol. The molecule has 0 radical (unpaired) electrons. The highest BCUT2D eigenvalue weighted by molar-refractivity contribution is 7.89. The van der Waals surface area contributed by atoms with Gasteiger partial charge in [-0.05, 0) is 12.1 Å². The van der Waals surface area contributed by atoms with Crippen LogP contribution in [0, 0.1) is 5.82 Å². The predicted octanol–water partition coefficient (Wildman–Crippen LogP) is -0.150. The van der Waals surface area contributed by atoms with E-state index >= 15 is 0 Å². The normalized spacial score (nSPS) is 12.7. The van der Waals surface area contributed by atoms with Crippen molar-refractivity contribution in [3.8, 4) is 0 Å². The molecule has 8 heteroatoms. The van der Waals surface area contributed by atoms with Gasteiger partial charge in [0, 0.05) is 0 Å². The quantitative estimate of drug-likeness (QED) is 0.298. The van der Waals surface area contributed by atoms with Gasteiger partial charge in [0.2, 0.25) is 10.0 Å². The predicted molar refractivity (Wildman–Crippen MR) is 55.0 cm³/mol. The maximum Gasteiger partial charge on any atom is 0.243 e. The zero-order valence-electron chi connectivity index (χ0n) is 8.09.